The molecule has 0 fully saturated rings. The van der Waals surface area contributed by atoms with E-state index in [4.69, 9.17) is 11.5 Å². The first-order valence-corrected chi connectivity index (χ1v) is 14.6. The number of hydrogen-bond donors (Lipinski definition) is 7. The highest BCUT2D eigenvalue weighted by atomic mass is 16.4. The number of nitrogens with two attached hydrogens (primary N) is 2. The minimum Gasteiger partial charge on any atom is -0.508 e. The second kappa shape index (κ2) is 17.4. The van der Waals surface area contributed by atoms with Crippen LogP contribution in [0.15, 0.2) is 84.9 Å². The van der Waals surface area contributed by atoms with Gasteiger partial charge in [0.05, 0.1) is 6.04 Å². The molecule has 4 unspecified atom stereocenters. The van der Waals surface area contributed by atoms with Gasteiger partial charge in [0.2, 0.25) is 17.7 Å². The molecule has 11 heteroatoms. The van der Waals surface area contributed by atoms with E-state index in [9.17, 15) is 29.4 Å². The lowest BCUT2D eigenvalue weighted by Crippen LogP contribution is -2.58. The van der Waals surface area contributed by atoms with Gasteiger partial charge in [0.25, 0.3) is 0 Å². The summed E-state index contributed by atoms with van der Waals surface area (Å²) in [5.74, 6) is -3.03. The van der Waals surface area contributed by atoms with Crippen LogP contribution in [0.25, 0.3) is 0 Å². The Kier molecular flexibility index (Phi) is 13.3. The number of hydrogen-bond acceptors (Lipinski definition) is 7. The number of phenolic OH excluding ortho intramolecular Hbond substituents is 1. The Hall–Kier alpha value is -4.74. The lowest BCUT2D eigenvalue weighted by molar-refractivity contribution is -0.142. The summed E-state index contributed by atoms with van der Waals surface area (Å²) >= 11 is 0. The Morgan fingerprint density at radius 1 is 0.614 bits per heavy atom. The molecule has 0 aliphatic heterocycles. The van der Waals surface area contributed by atoms with Gasteiger partial charge in [-0.05, 0) is 48.2 Å². The van der Waals surface area contributed by atoms with Crippen LogP contribution in [-0.4, -0.2) is 64.6 Å². The molecule has 234 valence electrons. The molecule has 0 aliphatic rings. The summed E-state index contributed by atoms with van der Waals surface area (Å²) in [6.45, 7) is 0.482. The number of rotatable bonds is 17. The van der Waals surface area contributed by atoms with Crippen molar-refractivity contribution in [1.82, 2.24) is 16.0 Å². The Bertz CT molecular complexity index is 1350. The number of amides is 3. The van der Waals surface area contributed by atoms with Gasteiger partial charge in [0.15, 0.2) is 0 Å². The molecule has 0 radical (unpaired) electrons. The van der Waals surface area contributed by atoms with Crippen LogP contribution >= 0.6 is 0 Å². The molecule has 3 amide bonds. The number of nitrogens with one attached hydrogen (secondary N) is 3. The van der Waals surface area contributed by atoms with Crippen LogP contribution < -0.4 is 27.4 Å². The van der Waals surface area contributed by atoms with Crippen molar-refractivity contribution in [3.05, 3.63) is 102 Å². The average molecular weight is 604 g/mol. The van der Waals surface area contributed by atoms with Crippen LogP contribution in [0.2, 0.25) is 0 Å². The molecular formula is C33H41N5O6. The first kappa shape index (κ1) is 33.8. The van der Waals surface area contributed by atoms with E-state index >= 15 is 0 Å². The SMILES string of the molecule is NCCCCC(N)C(=O)NC(Cc1ccccc1)C(=O)NC(Cc1ccccc1)C(=O)NC(Cc1ccc(O)cc1)C(=O)O. The van der Waals surface area contributed by atoms with E-state index in [-0.39, 0.29) is 25.0 Å². The number of aromatic hydroxyl groups is 1. The molecule has 0 spiro atoms. The van der Waals surface area contributed by atoms with E-state index in [0.29, 0.717) is 24.9 Å². The normalized spacial score (nSPS) is 13.6. The predicted octanol–water partition coefficient (Wildman–Crippen LogP) is 1.42. The molecule has 0 aromatic heterocycles. The highest BCUT2D eigenvalue weighted by Crippen LogP contribution is 2.13. The molecule has 3 aromatic carbocycles. The molecule has 9 N–H and O–H groups in total. The highest BCUT2D eigenvalue weighted by molar-refractivity contribution is 5.94. The quantitative estimate of drug-likeness (QED) is 0.112. The third-order valence-electron chi connectivity index (χ3n) is 7.13. The van der Waals surface area contributed by atoms with Crippen LogP contribution in [-0.2, 0) is 38.4 Å². The maximum Gasteiger partial charge on any atom is 0.326 e. The van der Waals surface area contributed by atoms with Gasteiger partial charge in [-0.25, -0.2) is 4.79 Å². The number of unbranched alkanes of at least 4 members (excludes halogenated alkanes) is 1. The van der Waals surface area contributed by atoms with Crippen LogP contribution in [0.5, 0.6) is 5.75 Å². The first-order valence-electron chi connectivity index (χ1n) is 14.6. The van der Waals surface area contributed by atoms with Crippen molar-refractivity contribution in [3.8, 4) is 5.75 Å². The molecule has 3 rings (SSSR count). The molecule has 11 nitrogen and oxygen atoms in total. The van der Waals surface area contributed by atoms with Gasteiger partial charge in [-0.3, -0.25) is 14.4 Å². The number of benzene rings is 3. The molecule has 0 aliphatic carbocycles. The highest BCUT2D eigenvalue weighted by Gasteiger charge is 2.31. The van der Waals surface area contributed by atoms with Crippen LogP contribution in [0.1, 0.15) is 36.0 Å². The minimum absolute atomic E-state index is 0.0314. The van der Waals surface area contributed by atoms with Gasteiger partial charge in [0.1, 0.15) is 23.9 Å². The Morgan fingerprint density at radius 3 is 1.52 bits per heavy atom. The van der Waals surface area contributed by atoms with Gasteiger partial charge in [0, 0.05) is 19.3 Å². The molecular weight excluding hydrogens is 562 g/mol. The fourth-order valence-electron chi connectivity index (χ4n) is 4.65. The third-order valence-corrected chi connectivity index (χ3v) is 7.13. The summed E-state index contributed by atoms with van der Waals surface area (Å²) < 4.78 is 0. The van der Waals surface area contributed by atoms with Crippen molar-refractivity contribution >= 4 is 23.7 Å². The van der Waals surface area contributed by atoms with E-state index in [2.05, 4.69) is 16.0 Å². The summed E-state index contributed by atoms with van der Waals surface area (Å²) in [5, 5.41) is 27.4. The van der Waals surface area contributed by atoms with E-state index < -0.39 is 47.9 Å². The summed E-state index contributed by atoms with van der Waals surface area (Å²) in [6, 6.07) is 19.8. The molecule has 4 atom stereocenters. The van der Waals surface area contributed by atoms with Gasteiger partial charge >= 0.3 is 5.97 Å². The van der Waals surface area contributed by atoms with E-state index in [1.807, 2.05) is 36.4 Å². The zero-order valence-corrected chi connectivity index (χ0v) is 24.5. The zero-order chi connectivity index (χ0) is 31.9. The lowest BCUT2D eigenvalue weighted by Gasteiger charge is -2.25. The van der Waals surface area contributed by atoms with E-state index in [1.165, 1.54) is 12.1 Å². The minimum atomic E-state index is -1.30. The van der Waals surface area contributed by atoms with E-state index in [1.54, 1.807) is 36.4 Å². The number of carbonyl (C=O) groups excluding carboxylic acids is 3. The van der Waals surface area contributed by atoms with Crippen LogP contribution in [0.4, 0.5) is 0 Å². The van der Waals surface area contributed by atoms with Crippen molar-refractivity contribution in [2.45, 2.75) is 62.7 Å². The Labute approximate surface area is 257 Å². The standard InChI is InChI=1S/C33H41N5O6/c34-18-8-7-13-26(35)30(40)36-27(19-22-9-3-1-4-10-22)31(41)37-28(20-23-11-5-2-6-12-23)32(42)38-29(33(43)44)21-24-14-16-25(39)17-15-24/h1-6,9-12,14-17,26-29,39H,7-8,13,18-21,34-35H2,(H,36,40)(H,37,41)(H,38,42)(H,43,44). The number of carboxylic acid groups (broad SMARTS) is 1. The Balaban J connectivity index is 1.81. The van der Waals surface area contributed by atoms with Gasteiger partial charge in [-0.15, -0.1) is 0 Å². The second-order valence-electron chi connectivity index (χ2n) is 10.7. The number of carboxylic acids is 1. The molecule has 0 heterocycles. The summed E-state index contributed by atoms with van der Waals surface area (Å²) in [7, 11) is 0. The smallest absolute Gasteiger partial charge is 0.326 e. The van der Waals surface area contributed by atoms with Crippen molar-refractivity contribution < 1.29 is 29.4 Å². The second-order valence-corrected chi connectivity index (χ2v) is 10.7. The topological polar surface area (TPSA) is 197 Å². The van der Waals surface area contributed by atoms with Gasteiger partial charge < -0.3 is 37.6 Å². The largest absolute Gasteiger partial charge is 0.508 e. The molecule has 0 bridgehead atoms. The lowest BCUT2D eigenvalue weighted by atomic mass is 10.0. The first-order chi connectivity index (χ1) is 21.2. The van der Waals surface area contributed by atoms with Crippen molar-refractivity contribution in [2.75, 3.05) is 6.54 Å². The number of carbonyl (C=O) groups is 4. The van der Waals surface area contributed by atoms with Gasteiger partial charge in [-0.1, -0.05) is 79.2 Å². The Morgan fingerprint density at radius 2 is 1.05 bits per heavy atom. The van der Waals surface area contributed by atoms with Crippen molar-refractivity contribution in [3.63, 3.8) is 0 Å². The number of phenols is 1. The molecule has 3 aromatic rings. The van der Waals surface area contributed by atoms with Crippen LogP contribution in [0.3, 0.4) is 0 Å². The number of aliphatic carboxylic acids is 1. The van der Waals surface area contributed by atoms with Crippen LogP contribution in [0, 0.1) is 0 Å². The molecule has 0 saturated carbocycles. The summed E-state index contributed by atoms with van der Waals surface area (Å²) in [4.78, 5) is 52.3. The summed E-state index contributed by atoms with van der Waals surface area (Å²) in [6.07, 6.45) is 1.96. The zero-order valence-electron chi connectivity index (χ0n) is 24.5. The molecule has 44 heavy (non-hydrogen) atoms. The summed E-state index contributed by atoms with van der Waals surface area (Å²) in [5.41, 5.74) is 13.7. The maximum absolute atomic E-state index is 13.7. The third kappa shape index (κ3) is 11.2. The van der Waals surface area contributed by atoms with Crippen molar-refractivity contribution in [2.24, 2.45) is 11.5 Å². The van der Waals surface area contributed by atoms with E-state index in [0.717, 1.165) is 17.5 Å². The predicted molar refractivity (Wildman–Crippen MR) is 166 cm³/mol. The monoisotopic (exact) mass is 603 g/mol. The fraction of sp³-hybridized carbons (Fsp3) is 0.333. The molecule has 0 saturated heterocycles. The fourth-order valence-corrected chi connectivity index (χ4v) is 4.65. The maximum atomic E-state index is 13.7. The van der Waals surface area contributed by atoms with Crippen molar-refractivity contribution in [1.29, 1.82) is 0 Å². The van der Waals surface area contributed by atoms with Gasteiger partial charge in [-0.2, -0.15) is 0 Å². The average Bonchev–Trinajstić information content (AvgIpc) is 3.02.